The van der Waals surface area contributed by atoms with E-state index >= 15 is 0 Å². The van der Waals surface area contributed by atoms with Gasteiger partial charge >= 0.3 is 6.18 Å². The van der Waals surface area contributed by atoms with Gasteiger partial charge in [-0.2, -0.15) is 22.7 Å². The molecule has 0 saturated heterocycles. The molecule has 3 aromatic rings. The minimum Gasteiger partial charge on any atom is -0.369 e. The first kappa shape index (κ1) is 18.6. The molecule has 10 heteroatoms. The van der Waals surface area contributed by atoms with E-state index in [1.165, 1.54) is 0 Å². The maximum atomic E-state index is 12.8. The summed E-state index contributed by atoms with van der Waals surface area (Å²) in [6.45, 7) is 2.27. The number of aromatic nitrogens is 4. The lowest BCUT2D eigenvalue weighted by molar-refractivity contribution is -0.144. The van der Waals surface area contributed by atoms with Crippen LogP contribution in [0.25, 0.3) is 5.78 Å². The summed E-state index contributed by atoms with van der Waals surface area (Å²) >= 11 is 0. The van der Waals surface area contributed by atoms with Crippen molar-refractivity contribution in [2.75, 3.05) is 11.9 Å². The molecule has 142 valence electrons. The fourth-order valence-corrected chi connectivity index (χ4v) is 2.42. The molecular formula is C17H17F3N6O. The number of benzene rings is 1. The third kappa shape index (κ3) is 4.72. The molecule has 0 aliphatic rings. The quantitative estimate of drug-likeness (QED) is 0.689. The number of carbonyl (C=O) groups excluding carboxylic acids is 1. The molecule has 27 heavy (non-hydrogen) atoms. The maximum Gasteiger partial charge on any atom is 0.453 e. The lowest BCUT2D eigenvalue weighted by Gasteiger charge is -2.09. The number of aryl methyl sites for hydroxylation is 1. The van der Waals surface area contributed by atoms with Crippen LogP contribution in [0.5, 0.6) is 0 Å². The van der Waals surface area contributed by atoms with Crippen molar-refractivity contribution >= 4 is 17.5 Å². The topological polar surface area (TPSA) is 84.2 Å². The van der Waals surface area contributed by atoms with Crippen molar-refractivity contribution < 1.29 is 18.0 Å². The lowest BCUT2D eigenvalue weighted by Crippen LogP contribution is -2.25. The number of carbonyl (C=O) groups is 1. The van der Waals surface area contributed by atoms with Crippen molar-refractivity contribution in [1.29, 1.82) is 0 Å². The number of nitrogens with one attached hydrogen (secondary N) is 2. The average Bonchev–Trinajstić information content (AvgIpc) is 3.05. The smallest absolute Gasteiger partial charge is 0.369 e. The highest BCUT2D eigenvalue weighted by Crippen LogP contribution is 2.27. The van der Waals surface area contributed by atoms with E-state index in [-0.39, 0.29) is 30.5 Å². The summed E-state index contributed by atoms with van der Waals surface area (Å²) in [7, 11) is 0. The number of hydrogen-bond donors (Lipinski definition) is 2. The minimum atomic E-state index is -4.66. The minimum absolute atomic E-state index is 0.149. The van der Waals surface area contributed by atoms with Gasteiger partial charge in [0.05, 0.1) is 0 Å². The molecule has 0 saturated carbocycles. The Hall–Kier alpha value is -3.17. The van der Waals surface area contributed by atoms with Crippen molar-refractivity contribution in [2.24, 2.45) is 0 Å². The van der Waals surface area contributed by atoms with Crippen LogP contribution in [0.2, 0.25) is 0 Å². The normalized spacial score (nSPS) is 11.6. The standard InChI is InChI=1S/C17H17F3N6O/c1-11-9-13(26-16(23-11)24-15(25-26)17(18,19)20)21-8-7-14(27)22-10-12-5-3-2-4-6-12/h2-6,9,21H,7-8,10H2,1H3,(H,22,27). The van der Waals surface area contributed by atoms with Gasteiger partial charge in [0.25, 0.3) is 11.6 Å². The predicted molar refractivity (Wildman–Crippen MR) is 91.9 cm³/mol. The van der Waals surface area contributed by atoms with E-state index < -0.39 is 12.0 Å². The van der Waals surface area contributed by atoms with Gasteiger partial charge in [0.15, 0.2) is 0 Å². The van der Waals surface area contributed by atoms with E-state index in [2.05, 4.69) is 25.7 Å². The van der Waals surface area contributed by atoms with E-state index in [1.807, 2.05) is 30.3 Å². The van der Waals surface area contributed by atoms with Crippen molar-refractivity contribution in [1.82, 2.24) is 24.9 Å². The number of anilines is 1. The van der Waals surface area contributed by atoms with Gasteiger partial charge in [-0.1, -0.05) is 30.3 Å². The van der Waals surface area contributed by atoms with Crippen molar-refractivity contribution in [3.05, 3.63) is 53.5 Å². The maximum absolute atomic E-state index is 12.8. The molecular weight excluding hydrogens is 361 g/mol. The van der Waals surface area contributed by atoms with Gasteiger partial charge in [-0.25, -0.2) is 4.98 Å². The number of rotatable bonds is 6. The molecule has 0 bridgehead atoms. The second-order valence-corrected chi connectivity index (χ2v) is 5.87. The Morgan fingerprint density at radius 2 is 1.93 bits per heavy atom. The Labute approximate surface area is 152 Å². The first-order valence-electron chi connectivity index (χ1n) is 8.19. The predicted octanol–water partition coefficient (Wildman–Crippen LogP) is 2.57. The van der Waals surface area contributed by atoms with Gasteiger partial charge in [0.1, 0.15) is 5.82 Å². The molecule has 2 heterocycles. The van der Waals surface area contributed by atoms with Crippen molar-refractivity contribution in [2.45, 2.75) is 26.1 Å². The summed E-state index contributed by atoms with van der Waals surface area (Å²) in [5.41, 5.74) is 1.47. The molecule has 0 spiro atoms. The van der Waals surface area contributed by atoms with Crippen LogP contribution in [0.15, 0.2) is 36.4 Å². The number of hydrogen-bond acceptors (Lipinski definition) is 5. The summed E-state index contributed by atoms with van der Waals surface area (Å²) in [6, 6.07) is 11.0. The van der Waals surface area contributed by atoms with Crippen LogP contribution in [0.4, 0.5) is 19.0 Å². The largest absolute Gasteiger partial charge is 0.453 e. The number of fused-ring (bicyclic) bond motifs is 1. The SMILES string of the molecule is Cc1cc(NCCC(=O)NCc2ccccc2)n2nc(C(F)(F)F)nc2n1. The molecule has 3 rings (SSSR count). The van der Waals surface area contributed by atoms with E-state index in [0.29, 0.717) is 12.2 Å². The van der Waals surface area contributed by atoms with Crippen LogP contribution in [0.3, 0.4) is 0 Å². The zero-order valence-electron chi connectivity index (χ0n) is 14.4. The van der Waals surface area contributed by atoms with Crippen LogP contribution in [0.1, 0.15) is 23.5 Å². The average molecular weight is 378 g/mol. The third-order valence-corrected chi connectivity index (χ3v) is 3.68. The van der Waals surface area contributed by atoms with Crippen molar-refractivity contribution in [3.63, 3.8) is 0 Å². The third-order valence-electron chi connectivity index (χ3n) is 3.68. The van der Waals surface area contributed by atoms with E-state index in [9.17, 15) is 18.0 Å². The highest BCUT2D eigenvalue weighted by Gasteiger charge is 2.36. The van der Waals surface area contributed by atoms with Crippen LogP contribution < -0.4 is 10.6 Å². The summed E-state index contributed by atoms with van der Waals surface area (Å²) in [5.74, 6) is -1.30. The lowest BCUT2D eigenvalue weighted by atomic mass is 10.2. The summed E-state index contributed by atoms with van der Waals surface area (Å²) < 4.78 is 39.4. The molecule has 1 amide bonds. The highest BCUT2D eigenvalue weighted by atomic mass is 19.4. The molecule has 7 nitrogen and oxygen atoms in total. The summed E-state index contributed by atoms with van der Waals surface area (Å²) in [5, 5.41) is 9.15. The second kappa shape index (κ2) is 7.60. The highest BCUT2D eigenvalue weighted by molar-refractivity contribution is 5.76. The van der Waals surface area contributed by atoms with Crippen LogP contribution in [-0.4, -0.2) is 32.0 Å². The molecule has 0 radical (unpaired) electrons. The van der Waals surface area contributed by atoms with Crippen molar-refractivity contribution in [3.8, 4) is 0 Å². The number of nitrogens with zero attached hydrogens (tertiary/aromatic N) is 4. The molecule has 1 aromatic carbocycles. The van der Waals surface area contributed by atoms with Crippen LogP contribution in [-0.2, 0) is 17.5 Å². The Balaban J connectivity index is 1.61. The molecule has 0 fully saturated rings. The zero-order chi connectivity index (χ0) is 19.4. The Morgan fingerprint density at radius 1 is 1.19 bits per heavy atom. The van der Waals surface area contributed by atoms with Gasteiger partial charge in [0, 0.05) is 31.3 Å². The number of halogens is 3. The summed E-state index contributed by atoms with van der Waals surface area (Å²) in [6.07, 6.45) is -4.51. The molecule has 0 aliphatic carbocycles. The van der Waals surface area contributed by atoms with E-state index in [0.717, 1.165) is 10.1 Å². The first-order valence-corrected chi connectivity index (χ1v) is 8.19. The molecule has 0 aliphatic heterocycles. The number of amides is 1. The zero-order valence-corrected chi connectivity index (χ0v) is 14.4. The van der Waals surface area contributed by atoms with Crippen LogP contribution in [0, 0.1) is 6.92 Å². The fraction of sp³-hybridized carbons (Fsp3) is 0.294. The molecule has 0 unspecified atom stereocenters. The number of alkyl halides is 3. The molecule has 0 atom stereocenters. The van der Waals surface area contributed by atoms with Gasteiger partial charge in [-0.15, -0.1) is 5.10 Å². The van der Waals surface area contributed by atoms with Gasteiger partial charge in [-0.3, -0.25) is 4.79 Å². The Kier molecular flexibility index (Phi) is 5.24. The molecule has 2 aromatic heterocycles. The second-order valence-electron chi connectivity index (χ2n) is 5.87. The van der Waals surface area contributed by atoms with Gasteiger partial charge < -0.3 is 10.6 Å². The fourth-order valence-electron chi connectivity index (χ4n) is 2.42. The van der Waals surface area contributed by atoms with Crippen LogP contribution >= 0.6 is 0 Å². The molecule has 2 N–H and O–H groups in total. The Bertz CT molecular complexity index is 939. The first-order chi connectivity index (χ1) is 12.8. The van der Waals surface area contributed by atoms with E-state index in [1.54, 1.807) is 13.0 Å². The monoisotopic (exact) mass is 378 g/mol. The van der Waals surface area contributed by atoms with E-state index in [4.69, 9.17) is 0 Å². The summed E-state index contributed by atoms with van der Waals surface area (Å²) in [4.78, 5) is 19.3. The van der Waals surface area contributed by atoms with Gasteiger partial charge in [-0.05, 0) is 12.5 Å². The Morgan fingerprint density at radius 3 is 2.63 bits per heavy atom. The van der Waals surface area contributed by atoms with Gasteiger partial charge in [0.2, 0.25) is 5.91 Å².